The normalized spacial score (nSPS) is 15.9. The lowest BCUT2D eigenvalue weighted by molar-refractivity contribution is 0.507. The molecule has 0 radical (unpaired) electrons. The van der Waals surface area contributed by atoms with E-state index in [0.29, 0.717) is 17.8 Å². The highest BCUT2D eigenvalue weighted by molar-refractivity contribution is 7.99. The van der Waals surface area contributed by atoms with Crippen molar-refractivity contribution in [2.75, 3.05) is 0 Å². The Morgan fingerprint density at radius 1 is 1.18 bits per heavy atom. The molecule has 1 saturated carbocycles. The maximum Gasteiger partial charge on any atom is 0.247 e. The van der Waals surface area contributed by atoms with Crippen LogP contribution in [0.3, 0.4) is 0 Å². The van der Waals surface area contributed by atoms with Crippen molar-refractivity contribution in [3.8, 4) is 11.5 Å². The van der Waals surface area contributed by atoms with Gasteiger partial charge in [-0.2, -0.15) is 0 Å². The molecule has 1 aliphatic rings. The van der Waals surface area contributed by atoms with Gasteiger partial charge in [0, 0.05) is 5.56 Å². The summed E-state index contributed by atoms with van der Waals surface area (Å²) >= 11 is 1.54. The molecule has 22 heavy (non-hydrogen) atoms. The Morgan fingerprint density at radius 2 is 2.00 bits per heavy atom. The van der Waals surface area contributed by atoms with Crippen molar-refractivity contribution in [3.63, 3.8) is 0 Å². The number of hydrogen-bond donors (Lipinski definition) is 0. The van der Waals surface area contributed by atoms with Crippen molar-refractivity contribution >= 4 is 11.8 Å². The van der Waals surface area contributed by atoms with Crippen LogP contribution < -0.4 is 0 Å². The molecule has 0 amide bonds. The first-order chi connectivity index (χ1) is 10.8. The van der Waals surface area contributed by atoms with Crippen molar-refractivity contribution in [3.05, 3.63) is 36.2 Å². The Bertz CT molecular complexity index is 767. The molecule has 1 aromatic carbocycles. The molecule has 0 spiro atoms. The second kappa shape index (κ2) is 5.53. The third kappa shape index (κ3) is 2.61. The second-order valence-electron chi connectivity index (χ2n) is 5.21. The minimum absolute atomic E-state index is 0.00605. The zero-order valence-electron chi connectivity index (χ0n) is 12.0. The molecular formula is C14H14N6OS. The average Bonchev–Trinajstić information content (AvgIpc) is 3.09. The molecule has 0 unspecified atom stereocenters. The van der Waals surface area contributed by atoms with Gasteiger partial charge in [-0.1, -0.05) is 30.0 Å². The van der Waals surface area contributed by atoms with E-state index in [2.05, 4.69) is 25.7 Å². The minimum atomic E-state index is -0.00605. The monoisotopic (exact) mass is 314 g/mol. The van der Waals surface area contributed by atoms with Crippen LogP contribution >= 0.6 is 11.8 Å². The lowest BCUT2D eigenvalue weighted by atomic mass is 10.2. The molecule has 0 saturated heterocycles. The van der Waals surface area contributed by atoms with Crippen LogP contribution in [0.1, 0.15) is 36.9 Å². The van der Waals surface area contributed by atoms with Gasteiger partial charge >= 0.3 is 0 Å². The Labute approximate surface area is 131 Å². The van der Waals surface area contributed by atoms with Crippen molar-refractivity contribution < 1.29 is 4.42 Å². The standard InChI is InChI=1S/C14H14N6OS/c1-9(22-14-17-18-19-20(14)11-7-8-11)12-15-16-13(21-12)10-5-3-2-4-6-10/h2-6,9,11H,7-8H2,1H3/t9-/m1/s1. The topological polar surface area (TPSA) is 82.5 Å². The maximum atomic E-state index is 5.78. The molecule has 1 atom stereocenters. The third-order valence-corrected chi connectivity index (χ3v) is 4.48. The van der Waals surface area contributed by atoms with E-state index < -0.39 is 0 Å². The highest BCUT2D eigenvalue weighted by Crippen LogP contribution is 2.40. The molecule has 1 fully saturated rings. The van der Waals surface area contributed by atoms with E-state index >= 15 is 0 Å². The van der Waals surface area contributed by atoms with Gasteiger partial charge in [0.15, 0.2) is 0 Å². The smallest absolute Gasteiger partial charge is 0.247 e. The first-order valence-corrected chi connectivity index (χ1v) is 8.02. The van der Waals surface area contributed by atoms with E-state index in [1.165, 1.54) is 11.8 Å². The van der Waals surface area contributed by atoms with Gasteiger partial charge in [0.2, 0.25) is 16.9 Å². The lowest BCUT2D eigenvalue weighted by Gasteiger charge is -2.05. The largest absolute Gasteiger partial charge is 0.419 e. The van der Waals surface area contributed by atoms with Crippen LogP contribution in [0.25, 0.3) is 11.5 Å². The molecule has 0 N–H and O–H groups in total. The molecule has 2 heterocycles. The van der Waals surface area contributed by atoms with E-state index in [1.54, 1.807) is 0 Å². The van der Waals surface area contributed by atoms with Crippen molar-refractivity contribution in [1.29, 1.82) is 0 Å². The van der Waals surface area contributed by atoms with Crippen molar-refractivity contribution in [1.82, 2.24) is 30.4 Å². The number of hydrogen-bond acceptors (Lipinski definition) is 7. The van der Waals surface area contributed by atoms with Gasteiger partial charge in [-0.3, -0.25) is 0 Å². The van der Waals surface area contributed by atoms with Gasteiger partial charge in [-0.15, -0.1) is 15.3 Å². The zero-order chi connectivity index (χ0) is 14.9. The predicted molar refractivity (Wildman–Crippen MR) is 80.1 cm³/mol. The van der Waals surface area contributed by atoms with Gasteiger partial charge in [-0.05, 0) is 42.3 Å². The van der Waals surface area contributed by atoms with Gasteiger partial charge in [-0.25, -0.2) is 4.68 Å². The molecule has 0 bridgehead atoms. The predicted octanol–water partition coefficient (Wildman–Crippen LogP) is 2.91. The summed E-state index contributed by atoms with van der Waals surface area (Å²) in [6, 6.07) is 10.2. The van der Waals surface area contributed by atoms with Crippen molar-refractivity contribution in [2.45, 2.75) is 36.2 Å². The number of aromatic nitrogens is 6. The Morgan fingerprint density at radius 3 is 2.77 bits per heavy atom. The van der Waals surface area contributed by atoms with Gasteiger partial charge in [0.25, 0.3) is 0 Å². The quantitative estimate of drug-likeness (QED) is 0.669. The van der Waals surface area contributed by atoms with E-state index in [0.717, 1.165) is 23.6 Å². The molecule has 2 aromatic heterocycles. The highest BCUT2D eigenvalue weighted by atomic mass is 32.2. The molecule has 112 valence electrons. The molecule has 0 aliphatic heterocycles. The molecule has 1 aliphatic carbocycles. The van der Waals surface area contributed by atoms with E-state index in [1.807, 2.05) is 41.9 Å². The summed E-state index contributed by atoms with van der Waals surface area (Å²) in [5.41, 5.74) is 0.918. The third-order valence-electron chi connectivity index (χ3n) is 3.45. The number of benzene rings is 1. The first-order valence-electron chi connectivity index (χ1n) is 7.14. The van der Waals surface area contributed by atoms with Gasteiger partial charge < -0.3 is 4.42 Å². The molecular weight excluding hydrogens is 300 g/mol. The van der Waals surface area contributed by atoms with Crippen LogP contribution in [0, 0.1) is 0 Å². The highest BCUT2D eigenvalue weighted by Gasteiger charge is 2.29. The van der Waals surface area contributed by atoms with Crippen LogP contribution in [0.5, 0.6) is 0 Å². The van der Waals surface area contributed by atoms with Crippen LogP contribution in [0.2, 0.25) is 0 Å². The van der Waals surface area contributed by atoms with Crippen molar-refractivity contribution in [2.24, 2.45) is 0 Å². The summed E-state index contributed by atoms with van der Waals surface area (Å²) in [5.74, 6) is 1.11. The fourth-order valence-corrected chi connectivity index (χ4v) is 3.01. The zero-order valence-corrected chi connectivity index (χ0v) is 12.8. The Balaban J connectivity index is 1.52. The molecule has 4 rings (SSSR count). The SMILES string of the molecule is C[C@@H](Sc1nnnn1C1CC1)c1nnc(-c2ccccc2)o1. The fraction of sp³-hybridized carbons (Fsp3) is 0.357. The van der Waals surface area contributed by atoms with Crippen LogP contribution in [-0.2, 0) is 0 Å². The van der Waals surface area contributed by atoms with Gasteiger partial charge in [0.05, 0.1) is 11.3 Å². The summed E-state index contributed by atoms with van der Waals surface area (Å²) in [5, 5.41) is 20.9. The summed E-state index contributed by atoms with van der Waals surface area (Å²) in [7, 11) is 0. The lowest BCUT2D eigenvalue weighted by Crippen LogP contribution is -2.00. The average molecular weight is 314 g/mol. The Kier molecular flexibility index (Phi) is 3.38. The molecule has 7 nitrogen and oxygen atoms in total. The molecule has 8 heteroatoms. The summed E-state index contributed by atoms with van der Waals surface area (Å²) in [6.45, 7) is 2.01. The van der Waals surface area contributed by atoms with E-state index in [9.17, 15) is 0 Å². The summed E-state index contributed by atoms with van der Waals surface area (Å²) in [4.78, 5) is 0. The number of nitrogens with zero attached hydrogens (tertiary/aromatic N) is 6. The second-order valence-corrected chi connectivity index (χ2v) is 6.52. The molecule has 3 aromatic rings. The number of thioether (sulfide) groups is 1. The van der Waals surface area contributed by atoms with Crippen LogP contribution in [0.15, 0.2) is 39.9 Å². The number of tetrazole rings is 1. The first kappa shape index (κ1) is 13.4. The fourth-order valence-electron chi connectivity index (χ4n) is 2.12. The van der Waals surface area contributed by atoms with E-state index in [-0.39, 0.29) is 5.25 Å². The maximum absolute atomic E-state index is 5.78. The van der Waals surface area contributed by atoms with E-state index in [4.69, 9.17) is 4.42 Å². The number of rotatable bonds is 5. The summed E-state index contributed by atoms with van der Waals surface area (Å²) < 4.78 is 7.66. The summed E-state index contributed by atoms with van der Waals surface area (Å²) in [6.07, 6.45) is 2.29. The minimum Gasteiger partial charge on any atom is -0.419 e. The van der Waals surface area contributed by atoms with Crippen LogP contribution in [0.4, 0.5) is 0 Å². The Hall–Kier alpha value is -2.22. The van der Waals surface area contributed by atoms with Crippen LogP contribution in [-0.4, -0.2) is 30.4 Å². The van der Waals surface area contributed by atoms with Gasteiger partial charge in [0.1, 0.15) is 0 Å².